The third-order valence-electron chi connectivity index (χ3n) is 3.33. The molecule has 0 spiro atoms. The van der Waals surface area contributed by atoms with Crippen molar-refractivity contribution >= 4 is 17.3 Å². The number of hydrogen-bond acceptors (Lipinski definition) is 4. The molecule has 2 aromatic rings. The Bertz CT molecular complexity index is 653. The largest absolute Gasteiger partial charge is 0.416 e. The average Bonchev–Trinajstić information content (AvgIpc) is 2.46. The van der Waals surface area contributed by atoms with E-state index >= 15 is 0 Å². The Morgan fingerprint density at radius 3 is 2.26 bits per heavy atom. The number of aromatic nitrogens is 2. The van der Waals surface area contributed by atoms with Crippen LogP contribution in [0, 0.1) is 6.92 Å². The maximum absolute atomic E-state index is 12.6. The van der Waals surface area contributed by atoms with Gasteiger partial charge in [0.2, 0.25) is 0 Å². The molecule has 1 atom stereocenters. The maximum Gasteiger partial charge on any atom is 0.416 e. The van der Waals surface area contributed by atoms with E-state index in [1.165, 1.54) is 12.1 Å². The molecule has 2 rings (SSSR count). The number of nitrogens with zero attached hydrogens (tertiary/aromatic N) is 2. The summed E-state index contributed by atoms with van der Waals surface area (Å²) < 4.78 is 37.7. The first-order valence-corrected chi connectivity index (χ1v) is 7.34. The van der Waals surface area contributed by atoms with Crippen molar-refractivity contribution < 1.29 is 13.2 Å². The number of alkyl halides is 3. The van der Waals surface area contributed by atoms with Crippen molar-refractivity contribution in [3.63, 3.8) is 0 Å². The highest BCUT2D eigenvalue weighted by molar-refractivity contribution is 5.59. The summed E-state index contributed by atoms with van der Waals surface area (Å²) in [6.45, 7) is 5.87. The quantitative estimate of drug-likeness (QED) is 0.833. The second kappa shape index (κ2) is 6.85. The summed E-state index contributed by atoms with van der Waals surface area (Å²) in [5.74, 6) is 1.79. The Balaban J connectivity index is 2.16. The summed E-state index contributed by atoms with van der Waals surface area (Å²) >= 11 is 0. The van der Waals surface area contributed by atoms with E-state index in [-0.39, 0.29) is 6.04 Å². The first kappa shape index (κ1) is 17.1. The number of nitrogens with one attached hydrogen (secondary N) is 2. The number of aryl methyl sites for hydroxylation is 1. The predicted molar refractivity (Wildman–Crippen MR) is 84.9 cm³/mol. The molecule has 0 fully saturated rings. The molecule has 1 unspecified atom stereocenters. The number of hydrogen-bond donors (Lipinski definition) is 2. The minimum absolute atomic E-state index is 0.267. The molecule has 7 heteroatoms. The van der Waals surface area contributed by atoms with Crippen LogP contribution in [0.4, 0.5) is 30.5 Å². The molecule has 1 heterocycles. The second-order valence-electron chi connectivity index (χ2n) is 5.34. The normalized spacial score (nSPS) is 12.8. The van der Waals surface area contributed by atoms with Crippen molar-refractivity contribution in [3.8, 4) is 0 Å². The third-order valence-corrected chi connectivity index (χ3v) is 3.33. The van der Waals surface area contributed by atoms with Crippen molar-refractivity contribution in [2.45, 2.75) is 39.4 Å². The molecule has 4 nitrogen and oxygen atoms in total. The smallest absolute Gasteiger partial charge is 0.367 e. The summed E-state index contributed by atoms with van der Waals surface area (Å²) in [6.07, 6.45) is -3.39. The van der Waals surface area contributed by atoms with Gasteiger partial charge in [0.05, 0.1) is 5.56 Å². The van der Waals surface area contributed by atoms with Gasteiger partial charge in [0.25, 0.3) is 0 Å². The SMILES string of the molecule is CCC(C)Nc1cc(Nc2ccc(C(F)(F)F)cc2)nc(C)n1. The van der Waals surface area contributed by atoms with Gasteiger partial charge in [-0.2, -0.15) is 13.2 Å². The van der Waals surface area contributed by atoms with Gasteiger partial charge in [-0.05, 0) is 44.5 Å². The molecule has 124 valence electrons. The summed E-state index contributed by atoms with van der Waals surface area (Å²) in [5.41, 5.74) is -0.147. The van der Waals surface area contributed by atoms with E-state index in [1.807, 2.05) is 6.92 Å². The molecular formula is C16H19F3N4. The molecule has 0 bridgehead atoms. The minimum atomic E-state index is -4.34. The van der Waals surface area contributed by atoms with Crippen LogP contribution in [-0.2, 0) is 6.18 Å². The highest BCUT2D eigenvalue weighted by atomic mass is 19.4. The Labute approximate surface area is 133 Å². The van der Waals surface area contributed by atoms with Gasteiger partial charge >= 0.3 is 6.18 Å². The molecule has 0 saturated carbocycles. The van der Waals surface area contributed by atoms with Crippen molar-refractivity contribution in [1.29, 1.82) is 0 Å². The standard InChI is InChI=1S/C16H19F3N4/c1-4-10(2)20-14-9-15(22-11(3)21-14)23-13-7-5-12(6-8-13)16(17,18)19/h5-10H,4H2,1-3H3,(H2,20,21,22,23). The van der Waals surface area contributed by atoms with E-state index in [2.05, 4.69) is 27.5 Å². The predicted octanol–water partition coefficient (Wildman–Crippen LogP) is 4.76. The first-order valence-electron chi connectivity index (χ1n) is 7.34. The minimum Gasteiger partial charge on any atom is -0.367 e. The molecule has 23 heavy (non-hydrogen) atoms. The van der Waals surface area contributed by atoms with E-state index in [4.69, 9.17) is 0 Å². The van der Waals surface area contributed by atoms with Gasteiger partial charge in [0.1, 0.15) is 17.5 Å². The molecule has 0 aliphatic rings. The summed E-state index contributed by atoms with van der Waals surface area (Å²) in [5, 5.41) is 6.24. The van der Waals surface area contributed by atoms with Gasteiger partial charge in [-0.1, -0.05) is 6.92 Å². The van der Waals surface area contributed by atoms with Crippen molar-refractivity contribution in [3.05, 3.63) is 41.7 Å². The van der Waals surface area contributed by atoms with Gasteiger partial charge in [0, 0.05) is 17.8 Å². The van der Waals surface area contributed by atoms with E-state index in [9.17, 15) is 13.2 Å². The van der Waals surface area contributed by atoms with Crippen LogP contribution in [-0.4, -0.2) is 16.0 Å². The first-order chi connectivity index (χ1) is 10.8. The topological polar surface area (TPSA) is 49.8 Å². The molecule has 0 saturated heterocycles. The fourth-order valence-electron chi connectivity index (χ4n) is 1.95. The Morgan fingerprint density at radius 1 is 1.09 bits per heavy atom. The summed E-state index contributed by atoms with van der Waals surface area (Å²) in [6, 6.07) is 6.83. The zero-order valence-corrected chi connectivity index (χ0v) is 13.2. The lowest BCUT2D eigenvalue weighted by molar-refractivity contribution is -0.137. The molecule has 0 radical (unpaired) electrons. The summed E-state index contributed by atoms with van der Waals surface area (Å²) in [4.78, 5) is 8.55. The van der Waals surface area contributed by atoms with Crippen LogP contribution in [0.25, 0.3) is 0 Å². The van der Waals surface area contributed by atoms with Gasteiger partial charge in [0.15, 0.2) is 0 Å². The maximum atomic E-state index is 12.6. The molecule has 1 aromatic carbocycles. The lowest BCUT2D eigenvalue weighted by atomic mass is 10.2. The van der Waals surface area contributed by atoms with Crippen molar-refractivity contribution in [2.75, 3.05) is 10.6 Å². The Kier molecular flexibility index (Phi) is 5.08. The lowest BCUT2D eigenvalue weighted by Crippen LogP contribution is -2.15. The zero-order valence-electron chi connectivity index (χ0n) is 13.2. The Morgan fingerprint density at radius 2 is 1.70 bits per heavy atom. The molecular weight excluding hydrogens is 305 g/mol. The monoisotopic (exact) mass is 324 g/mol. The van der Waals surface area contributed by atoms with Crippen LogP contribution in [0.15, 0.2) is 30.3 Å². The van der Waals surface area contributed by atoms with E-state index in [1.54, 1.807) is 13.0 Å². The second-order valence-corrected chi connectivity index (χ2v) is 5.34. The van der Waals surface area contributed by atoms with E-state index in [0.717, 1.165) is 18.6 Å². The Hall–Kier alpha value is -2.31. The molecule has 0 aliphatic carbocycles. The van der Waals surface area contributed by atoms with Crippen LogP contribution < -0.4 is 10.6 Å². The fourth-order valence-corrected chi connectivity index (χ4v) is 1.95. The van der Waals surface area contributed by atoms with Crippen molar-refractivity contribution in [1.82, 2.24) is 9.97 Å². The van der Waals surface area contributed by atoms with E-state index in [0.29, 0.717) is 23.1 Å². The van der Waals surface area contributed by atoms with Gasteiger partial charge in [-0.15, -0.1) is 0 Å². The van der Waals surface area contributed by atoms with Crippen LogP contribution in [0.2, 0.25) is 0 Å². The lowest BCUT2D eigenvalue weighted by Gasteiger charge is -2.14. The van der Waals surface area contributed by atoms with Crippen LogP contribution in [0.3, 0.4) is 0 Å². The van der Waals surface area contributed by atoms with Crippen LogP contribution >= 0.6 is 0 Å². The number of benzene rings is 1. The highest BCUT2D eigenvalue weighted by Crippen LogP contribution is 2.30. The zero-order chi connectivity index (χ0) is 17.0. The number of anilines is 3. The number of rotatable bonds is 5. The van der Waals surface area contributed by atoms with Crippen LogP contribution in [0.1, 0.15) is 31.7 Å². The number of halogens is 3. The third kappa shape index (κ3) is 4.84. The van der Waals surface area contributed by atoms with E-state index < -0.39 is 11.7 Å². The average molecular weight is 324 g/mol. The highest BCUT2D eigenvalue weighted by Gasteiger charge is 2.29. The molecule has 0 aliphatic heterocycles. The van der Waals surface area contributed by atoms with Gasteiger partial charge in [-0.3, -0.25) is 0 Å². The van der Waals surface area contributed by atoms with Gasteiger partial charge in [-0.25, -0.2) is 9.97 Å². The van der Waals surface area contributed by atoms with Crippen molar-refractivity contribution in [2.24, 2.45) is 0 Å². The van der Waals surface area contributed by atoms with Gasteiger partial charge < -0.3 is 10.6 Å². The molecule has 2 N–H and O–H groups in total. The van der Waals surface area contributed by atoms with Crippen LogP contribution in [0.5, 0.6) is 0 Å². The molecule has 0 amide bonds. The molecule has 1 aromatic heterocycles. The fraction of sp³-hybridized carbons (Fsp3) is 0.375. The summed E-state index contributed by atoms with van der Waals surface area (Å²) in [7, 11) is 0.